The van der Waals surface area contributed by atoms with Crippen molar-refractivity contribution in [2.45, 2.75) is 52.6 Å². The molecule has 1 aromatic carbocycles. The maximum Gasteiger partial charge on any atom is 0.111 e. The third-order valence-electron chi connectivity index (χ3n) is 4.33. The number of aryl methyl sites for hydroxylation is 1. The maximum atomic E-state index is 6.49. The minimum atomic E-state index is -0.205. The number of hydrogen-bond donors (Lipinski definition) is 1. The van der Waals surface area contributed by atoms with Crippen LogP contribution in [0.4, 0.5) is 0 Å². The normalized spacial score (nSPS) is 16.5. The van der Waals surface area contributed by atoms with Gasteiger partial charge in [0.15, 0.2) is 0 Å². The number of aromatic nitrogens is 2. The highest BCUT2D eigenvalue weighted by Crippen LogP contribution is 2.24. The lowest BCUT2D eigenvalue weighted by atomic mass is 9.83. The number of fused-ring (bicyclic) bond motifs is 1. The molecule has 2 atom stereocenters. The predicted molar refractivity (Wildman–Crippen MR) is 81.2 cm³/mol. The summed E-state index contributed by atoms with van der Waals surface area (Å²) < 4.78 is 2.28. The molecule has 2 N–H and O–H groups in total. The van der Waals surface area contributed by atoms with Crippen LogP contribution >= 0.6 is 0 Å². The summed E-state index contributed by atoms with van der Waals surface area (Å²) >= 11 is 0. The number of imidazole rings is 1. The van der Waals surface area contributed by atoms with E-state index in [0.29, 0.717) is 5.92 Å². The lowest BCUT2D eigenvalue weighted by Gasteiger charge is -2.31. The summed E-state index contributed by atoms with van der Waals surface area (Å²) in [6.07, 6.45) is 1.92. The van der Waals surface area contributed by atoms with E-state index in [2.05, 4.69) is 50.5 Å². The fourth-order valence-corrected chi connectivity index (χ4v) is 2.59. The van der Waals surface area contributed by atoms with E-state index >= 15 is 0 Å². The Kier molecular flexibility index (Phi) is 3.95. The minimum absolute atomic E-state index is 0.205. The second-order valence-electron chi connectivity index (χ2n) is 5.75. The van der Waals surface area contributed by atoms with Crippen LogP contribution in [0, 0.1) is 5.92 Å². The average molecular weight is 259 g/mol. The smallest absolute Gasteiger partial charge is 0.111 e. The van der Waals surface area contributed by atoms with E-state index in [1.807, 2.05) is 6.07 Å². The Hall–Kier alpha value is -1.35. The van der Waals surface area contributed by atoms with Gasteiger partial charge in [0.1, 0.15) is 5.82 Å². The van der Waals surface area contributed by atoms with Crippen molar-refractivity contribution in [3.63, 3.8) is 0 Å². The van der Waals surface area contributed by atoms with Crippen LogP contribution in [-0.4, -0.2) is 15.1 Å². The summed E-state index contributed by atoms with van der Waals surface area (Å²) in [4.78, 5) is 4.77. The van der Waals surface area contributed by atoms with Gasteiger partial charge in [0.25, 0.3) is 0 Å². The topological polar surface area (TPSA) is 43.8 Å². The van der Waals surface area contributed by atoms with Crippen molar-refractivity contribution in [1.29, 1.82) is 0 Å². The van der Waals surface area contributed by atoms with Gasteiger partial charge in [-0.3, -0.25) is 0 Å². The van der Waals surface area contributed by atoms with E-state index in [4.69, 9.17) is 10.7 Å². The fourth-order valence-electron chi connectivity index (χ4n) is 2.59. The molecule has 0 aliphatic heterocycles. The van der Waals surface area contributed by atoms with E-state index in [1.165, 1.54) is 5.52 Å². The summed E-state index contributed by atoms with van der Waals surface area (Å²) in [6, 6.07) is 8.31. The number of nitrogens with zero attached hydrogens (tertiary/aromatic N) is 2. The summed E-state index contributed by atoms with van der Waals surface area (Å²) in [5.74, 6) is 1.59. The SMILES string of the molecule is CCC(C)C(C)(N)Cc1nc2ccccc2n1CC. The molecule has 19 heavy (non-hydrogen) atoms. The van der Waals surface area contributed by atoms with Crippen molar-refractivity contribution in [2.24, 2.45) is 11.7 Å². The van der Waals surface area contributed by atoms with Gasteiger partial charge in [0, 0.05) is 18.5 Å². The van der Waals surface area contributed by atoms with Crippen LogP contribution in [0.2, 0.25) is 0 Å². The van der Waals surface area contributed by atoms with Crippen LogP contribution in [0.15, 0.2) is 24.3 Å². The highest BCUT2D eigenvalue weighted by atomic mass is 15.1. The Balaban J connectivity index is 2.40. The van der Waals surface area contributed by atoms with Gasteiger partial charge in [0.2, 0.25) is 0 Å². The highest BCUT2D eigenvalue weighted by molar-refractivity contribution is 5.75. The van der Waals surface area contributed by atoms with Crippen molar-refractivity contribution >= 4 is 11.0 Å². The van der Waals surface area contributed by atoms with E-state index < -0.39 is 0 Å². The van der Waals surface area contributed by atoms with E-state index in [9.17, 15) is 0 Å². The highest BCUT2D eigenvalue weighted by Gasteiger charge is 2.27. The molecule has 0 aliphatic carbocycles. The van der Waals surface area contributed by atoms with Gasteiger partial charge < -0.3 is 10.3 Å². The second-order valence-corrected chi connectivity index (χ2v) is 5.75. The van der Waals surface area contributed by atoms with Gasteiger partial charge in [-0.15, -0.1) is 0 Å². The van der Waals surface area contributed by atoms with Gasteiger partial charge in [-0.2, -0.15) is 0 Å². The molecule has 1 heterocycles. The van der Waals surface area contributed by atoms with Crippen molar-refractivity contribution in [3.8, 4) is 0 Å². The molecule has 1 aromatic heterocycles. The molecule has 0 spiro atoms. The lowest BCUT2D eigenvalue weighted by molar-refractivity contribution is 0.299. The maximum absolute atomic E-state index is 6.49. The molecular formula is C16H25N3. The first-order valence-corrected chi connectivity index (χ1v) is 7.22. The number of benzene rings is 1. The van der Waals surface area contributed by atoms with Crippen LogP contribution in [0.5, 0.6) is 0 Å². The van der Waals surface area contributed by atoms with Crippen LogP contribution in [-0.2, 0) is 13.0 Å². The molecular weight excluding hydrogens is 234 g/mol. The standard InChI is InChI=1S/C16H25N3/c1-5-12(3)16(4,17)11-15-18-13-9-7-8-10-14(13)19(15)6-2/h7-10,12H,5-6,11,17H2,1-4H3. The fraction of sp³-hybridized carbons (Fsp3) is 0.562. The number of para-hydroxylation sites is 2. The molecule has 0 saturated carbocycles. The first-order chi connectivity index (χ1) is 8.99. The zero-order valence-electron chi connectivity index (χ0n) is 12.5. The molecule has 2 aromatic rings. The zero-order chi connectivity index (χ0) is 14.0. The Bertz CT molecular complexity index is 554. The second kappa shape index (κ2) is 5.33. The minimum Gasteiger partial charge on any atom is -0.328 e. The van der Waals surface area contributed by atoms with E-state index in [0.717, 1.165) is 30.7 Å². The summed E-state index contributed by atoms with van der Waals surface area (Å²) in [6.45, 7) is 9.65. The van der Waals surface area contributed by atoms with Crippen molar-refractivity contribution in [3.05, 3.63) is 30.1 Å². The third-order valence-corrected chi connectivity index (χ3v) is 4.33. The summed E-state index contributed by atoms with van der Waals surface area (Å²) in [7, 11) is 0. The lowest BCUT2D eigenvalue weighted by Crippen LogP contribution is -2.45. The predicted octanol–water partition coefficient (Wildman–Crippen LogP) is 3.36. The van der Waals surface area contributed by atoms with Crippen molar-refractivity contribution < 1.29 is 0 Å². The third kappa shape index (κ3) is 2.66. The van der Waals surface area contributed by atoms with E-state index in [1.54, 1.807) is 0 Å². The van der Waals surface area contributed by atoms with Gasteiger partial charge in [0.05, 0.1) is 11.0 Å². The van der Waals surface area contributed by atoms with Gasteiger partial charge in [-0.1, -0.05) is 32.4 Å². The monoisotopic (exact) mass is 259 g/mol. The van der Waals surface area contributed by atoms with Crippen LogP contribution in [0.1, 0.15) is 39.9 Å². The molecule has 0 radical (unpaired) electrons. The molecule has 2 rings (SSSR count). The van der Waals surface area contributed by atoms with E-state index in [-0.39, 0.29) is 5.54 Å². The van der Waals surface area contributed by atoms with Gasteiger partial charge in [-0.05, 0) is 31.9 Å². The molecule has 3 nitrogen and oxygen atoms in total. The van der Waals surface area contributed by atoms with Gasteiger partial charge in [-0.25, -0.2) is 4.98 Å². The Morgan fingerprint density at radius 2 is 2.00 bits per heavy atom. The summed E-state index contributed by atoms with van der Waals surface area (Å²) in [5.41, 5.74) is 8.57. The largest absolute Gasteiger partial charge is 0.328 e. The number of hydrogen-bond acceptors (Lipinski definition) is 2. The number of rotatable bonds is 5. The first-order valence-electron chi connectivity index (χ1n) is 7.22. The molecule has 0 amide bonds. The van der Waals surface area contributed by atoms with Crippen molar-refractivity contribution in [1.82, 2.24) is 9.55 Å². The quantitative estimate of drug-likeness (QED) is 0.894. The Morgan fingerprint density at radius 1 is 1.32 bits per heavy atom. The van der Waals surface area contributed by atoms with Crippen molar-refractivity contribution in [2.75, 3.05) is 0 Å². The van der Waals surface area contributed by atoms with Crippen LogP contribution < -0.4 is 5.73 Å². The Labute approximate surface area is 115 Å². The van der Waals surface area contributed by atoms with Gasteiger partial charge >= 0.3 is 0 Å². The zero-order valence-corrected chi connectivity index (χ0v) is 12.5. The first kappa shape index (κ1) is 14.1. The Morgan fingerprint density at radius 3 is 2.63 bits per heavy atom. The molecule has 0 bridgehead atoms. The molecule has 0 aliphatic rings. The molecule has 0 saturated heterocycles. The van der Waals surface area contributed by atoms with Crippen LogP contribution in [0.3, 0.4) is 0 Å². The molecule has 0 fully saturated rings. The number of nitrogens with two attached hydrogens (primary N) is 1. The molecule has 104 valence electrons. The molecule has 2 unspecified atom stereocenters. The summed E-state index contributed by atoms with van der Waals surface area (Å²) in [5, 5.41) is 0. The van der Waals surface area contributed by atoms with Crippen LogP contribution in [0.25, 0.3) is 11.0 Å². The molecule has 3 heteroatoms. The average Bonchev–Trinajstić information content (AvgIpc) is 2.73.